The highest BCUT2D eigenvalue weighted by atomic mass is 35.5. The molecule has 0 saturated carbocycles. The highest BCUT2D eigenvalue weighted by Crippen LogP contribution is 2.14. The van der Waals surface area contributed by atoms with Crippen molar-refractivity contribution in [2.24, 2.45) is 5.16 Å². The summed E-state index contributed by atoms with van der Waals surface area (Å²) in [4.78, 5) is 3.88. The average Bonchev–Trinajstić information content (AvgIpc) is 1.78. The summed E-state index contributed by atoms with van der Waals surface area (Å²) in [5.74, 6) is 0. The largest absolute Gasteiger partial charge is 0.425 e. The summed E-state index contributed by atoms with van der Waals surface area (Å²) in [6.07, 6.45) is -2.45. The topological polar surface area (TPSA) is 21.6 Å². The molecule has 0 aromatic rings. The summed E-state index contributed by atoms with van der Waals surface area (Å²) >= 11 is 0. The zero-order valence-electron chi connectivity index (χ0n) is 5.89. The molecule has 2 nitrogen and oxygen atoms in total. The molecule has 0 unspecified atom stereocenters. The molecule has 0 amide bonds. The van der Waals surface area contributed by atoms with Gasteiger partial charge in [0, 0.05) is 6.21 Å². The smallest absolute Gasteiger partial charge is 0.386 e. The molecule has 0 saturated heterocycles. The second-order valence-electron chi connectivity index (χ2n) is 1.58. The van der Waals surface area contributed by atoms with E-state index < -0.39 is 12.8 Å². The summed E-state index contributed by atoms with van der Waals surface area (Å²) in [6.45, 7) is 0.434. The van der Waals surface area contributed by atoms with Gasteiger partial charge in [-0.1, -0.05) is 12.1 Å². The molecular formula is C5H9ClF3NO. The number of hydrogen-bond acceptors (Lipinski definition) is 2. The van der Waals surface area contributed by atoms with Crippen LogP contribution in [0.4, 0.5) is 13.2 Å². The van der Waals surface area contributed by atoms with Crippen molar-refractivity contribution in [2.45, 2.75) is 19.5 Å². The monoisotopic (exact) mass is 191 g/mol. The van der Waals surface area contributed by atoms with Crippen molar-refractivity contribution in [1.29, 1.82) is 0 Å². The van der Waals surface area contributed by atoms with E-state index in [9.17, 15) is 13.2 Å². The molecule has 0 aliphatic carbocycles. The van der Waals surface area contributed by atoms with E-state index in [0.29, 0.717) is 6.42 Å². The maximum Gasteiger partial charge on any atom is 0.425 e. The van der Waals surface area contributed by atoms with Crippen LogP contribution in [0.15, 0.2) is 5.16 Å². The Labute approximate surface area is 68.8 Å². The molecule has 0 aliphatic rings. The fraction of sp³-hybridized carbons (Fsp3) is 0.800. The van der Waals surface area contributed by atoms with Crippen LogP contribution in [0.5, 0.6) is 0 Å². The van der Waals surface area contributed by atoms with E-state index in [1.165, 1.54) is 6.21 Å². The Morgan fingerprint density at radius 1 is 1.45 bits per heavy atom. The minimum atomic E-state index is -4.29. The van der Waals surface area contributed by atoms with Gasteiger partial charge in [0.15, 0.2) is 0 Å². The molecule has 0 atom stereocenters. The van der Waals surface area contributed by atoms with Crippen LogP contribution in [0.1, 0.15) is 13.3 Å². The average molecular weight is 192 g/mol. The molecule has 0 fully saturated rings. The van der Waals surface area contributed by atoms with Gasteiger partial charge >= 0.3 is 6.18 Å². The number of halogens is 4. The van der Waals surface area contributed by atoms with Crippen molar-refractivity contribution >= 4 is 18.6 Å². The first kappa shape index (κ1) is 13.2. The summed E-state index contributed by atoms with van der Waals surface area (Å²) < 4.78 is 33.9. The number of oxime groups is 1. The van der Waals surface area contributed by atoms with Gasteiger partial charge in [-0.25, -0.2) is 0 Å². The minimum Gasteiger partial charge on any atom is -0.386 e. The Hall–Kier alpha value is -0.450. The number of hydrogen-bond donors (Lipinski definition) is 0. The third-order valence-corrected chi connectivity index (χ3v) is 0.560. The summed E-state index contributed by atoms with van der Waals surface area (Å²) in [5.41, 5.74) is 0. The SMILES string of the molecule is CCC=NOCC(F)(F)F.Cl. The fourth-order valence-electron chi connectivity index (χ4n) is 0.238. The van der Waals surface area contributed by atoms with Gasteiger partial charge in [-0.3, -0.25) is 0 Å². The molecule has 0 aliphatic heterocycles. The highest BCUT2D eigenvalue weighted by Gasteiger charge is 2.28. The molecule has 68 valence electrons. The second kappa shape index (κ2) is 6.27. The Balaban J connectivity index is 0. The Morgan fingerprint density at radius 3 is 2.36 bits per heavy atom. The van der Waals surface area contributed by atoms with Crippen LogP contribution in [0.3, 0.4) is 0 Å². The van der Waals surface area contributed by atoms with Gasteiger partial charge in [-0.2, -0.15) is 13.2 Å². The zero-order valence-corrected chi connectivity index (χ0v) is 6.71. The highest BCUT2D eigenvalue weighted by molar-refractivity contribution is 5.85. The van der Waals surface area contributed by atoms with Crippen molar-refractivity contribution in [3.8, 4) is 0 Å². The van der Waals surface area contributed by atoms with Crippen LogP contribution < -0.4 is 0 Å². The first-order valence-electron chi connectivity index (χ1n) is 2.77. The van der Waals surface area contributed by atoms with Crippen LogP contribution in [0, 0.1) is 0 Å². The molecule has 0 rings (SSSR count). The molecule has 0 aromatic heterocycles. The lowest BCUT2D eigenvalue weighted by atomic mass is 10.6. The fourth-order valence-corrected chi connectivity index (χ4v) is 0.238. The van der Waals surface area contributed by atoms with Crippen molar-refractivity contribution in [1.82, 2.24) is 0 Å². The maximum atomic E-state index is 11.3. The van der Waals surface area contributed by atoms with E-state index in [-0.39, 0.29) is 12.4 Å². The molecule has 0 radical (unpaired) electrons. The number of rotatable bonds is 3. The maximum absolute atomic E-state index is 11.3. The Morgan fingerprint density at radius 2 is 2.00 bits per heavy atom. The Kier molecular flexibility index (Phi) is 7.51. The summed E-state index contributed by atoms with van der Waals surface area (Å²) in [5, 5.41) is 3.03. The third kappa shape index (κ3) is 12.7. The number of alkyl halides is 3. The van der Waals surface area contributed by atoms with E-state index in [1.54, 1.807) is 6.92 Å². The van der Waals surface area contributed by atoms with Crippen LogP contribution in [0.2, 0.25) is 0 Å². The number of nitrogens with zero attached hydrogens (tertiary/aromatic N) is 1. The van der Waals surface area contributed by atoms with Crippen molar-refractivity contribution in [3.63, 3.8) is 0 Å². The van der Waals surface area contributed by atoms with E-state index in [1.807, 2.05) is 0 Å². The predicted molar refractivity (Wildman–Crippen MR) is 38.0 cm³/mol. The standard InChI is InChI=1S/C5H8F3NO.ClH/c1-2-3-9-10-4-5(6,7)8;/h3H,2,4H2,1H3;1H. The van der Waals surface area contributed by atoms with Gasteiger partial charge in [-0.05, 0) is 6.42 Å². The molecule has 0 bridgehead atoms. The van der Waals surface area contributed by atoms with Gasteiger partial charge in [0.05, 0.1) is 0 Å². The quantitative estimate of drug-likeness (QED) is 0.496. The predicted octanol–water partition coefficient (Wildman–Crippen LogP) is 2.38. The van der Waals surface area contributed by atoms with Crippen LogP contribution in [0.25, 0.3) is 0 Å². The van der Waals surface area contributed by atoms with E-state index in [2.05, 4.69) is 9.99 Å². The molecule has 0 heterocycles. The van der Waals surface area contributed by atoms with Gasteiger partial charge in [0.1, 0.15) is 0 Å². The van der Waals surface area contributed by atoms with Gasteiger partial charge in [0.25, 0.3) is 0 Å². The van der Waals surface area contributed by atoms with Crippen LogP contribution in [-0.4, -0.2) is 19.0 Å². The summed E-state index contributed by atoms with van der Waals surface area (Å²) in [7, 11) is 0. The van der Waals surface area contributed by atoms with Crippen LogP contribution in [-0.2, 0) is 4.84 Å². The molecule has 11 heavy (non-hydrogen) atoms. The first-order chi connectivity index (χ1) is 4.56. The lowest BCUT2D eigenvalue weighted by molar-refractivity contribution is -0.173. The minimum absolute atomic E-state index is 0. The van der Waals surface area contributed by atoms with Gasteiger partial charge in [-0.15, -0.1) is 12.4 Å². The molecule has 0 spiro atoms. The van der Waals surface area contributed by atoms with E-state index in [4.69, 9.17) is 0 Å². The lowest BCUT2D eigenvalue weighted by Crippen LogP contribution is -2.14. The second-order valence-corrected chi connectivity index (χ2v) is 1.58. The van der Waals surface area contributed by atoms with E-state index in [0.717, 1.165) is 0 Å². The van der Waals surface area contributed by atoms with Crippen molar-refractivity contribution < 1.29 is 18.0 Å². The van der Waals surface area contributed by atoms with Crippen molar-refractivity contribution in [3.05, 3.63) is 0 Å². The first-order valence-corrected chi connectivity index (χ1v) is 2.77. The zero-order chi connectivity index (χ0) is 8.04. The summed E-state index contributed by atoms with van der Waals surface area (Å²) in [6, 6.07) is 0. The van der Waals surface area contributed by atoms with Gasteiger partial charge in [0.2, 0.25) is 6.61 Å². The molecular weight excluding hydrogens is 183 g/mol. The molecule has 6 heteroatoms. The third-order valence-electron chi connectivity index (χ3n) is 0.560. The molecule has 0 aromatic carbocycles. The Bertz CT molecular complexity index is 115. The van der Waals surface area contributed by atoms with Crippen molar-refractivity contribution in [2.75, 3.05) is 6.61 Å². The molecule has 0 N–H and O–H groups in total. The lowest BCUT2D eigenvalue weighted by Gasteiger charge is -2.02. The normalized spacial score (nSPS) is 11.3. The van der Waals surface area contributed by atoms with E-state index >= 15 is 0 Å². The van der Waals surface area contributed by atoms with Gasteiger partial charge < -0.3 is 4.84 Å². The van der Waals surface area contributed by atoms with Crippen LogP contribution >= 0.6 is 12.4 Å².